The highest BCUT2D eigenvalue weighted by molar-refractivity contribution is 8.00. The molecule has 2 aliphatic rings. The molecule has 190 valence electrons. The average molecular weight is 542 g/mol. The van der Waals surface area contributed by atoms with Crippen molar-refractivity contribution in [2.45, 2.75) is 29.7 Å². The maximum atomic E-state index is 13.8. The Morgan fingerprint density at radius 1 is 0.868 bits per heavy atom. The number of nitrogens with one attached hydrogen (secondary N) is 1. The Kier molecular flexibility index (Phi) is 6.25. The number of hydrogen-bond acceptors (Lipinski definition) is 6. The first-order chi connectivity index (χ1) is 18.4. The normalized spacial score (nSPS) is 20.2. The van der Waals surface area contributed by atoms with E-state index in [-0.39, 0.29) is 29.1 Å². The van der Waals surface area contributed by atoms with Crippen LogP contribution in [-0.2, 0) is 20.9 Å². The largest absolute Gasteiger partial charge is 0.325 e. The van der Waals surface area contributed by atoms with E-state index in [1.54, 1.807) is 24.3 Å². The molecule has 1 N–H and O–H groups in total. The van der Waals surface area contributed by atoms with Crippen molar-refractivity contribution in [3.05, 3.63) is 111 Å². The molecule has 0 saturated carbocycles. The van der Waals surface area contributed by atoms with Crippen LogP contribution < -0.4 is 15.1 Å². The number of hydrogen-bond donors (Lipinski definition) is 1. The third-order valence-corrected chi connectivity index (χ3v) is 9.46. The van der Waals surface area contributed by atoms with Crippen LogP contribution in [0, 0.1) is 12.8 Å². The van der Waals surface area contributed by atoms with Crippen molar-refractivity contribution in [1.29, 1.82) is 0 Å². The van der Waals surface area contributed by atoms with Crippen molar-refractivity contribution in [3.8, 4) is 0 Å². The molecule has 1 saturated heterocycles. The molecule has 0 aliphatic carbocycles. The van der Waals surface area contributed by atoms with Gasteiger partial charge in [-0.1, -0.05) is 89.3 Å². The quantitative estimate of drug-likeness (QED) is 0.372. The van der Waals surface area contributed by atoms with E-state index in [1.807, 2.05) is 67.6 Å². The van der Waals surface area contributed by atoms with Gasteiger partial charge in [0, 0.05) is 16.5 Å². The van der Waals surface area contributed by atoms with Crippen LogP contribution >= 0.6 is 23.1 Å². The summed E-state index contributed by atoms with van der Waals surface area (Å²) >= 11 is 2.26. The molecule has 7 nitrogen and oxygen atoms in total. The Bertz CT molecular complexity index is 1600. The average Bonchev–Trinajstić information content (AvgIpc) is 3.36. The van der Waals surface area contributed by atoms with Gasteiger partial charge in [-0.3, -0.25) is 23.7 Å². The van der Waals surface area contributed by atoms with E-state index in [9.17, 15) is 19.2 Å². The van der Waals surface area contributed by atoms with Crippen molar-refractivity contribution in [1.82, 2.24) is 4.57 Å². The Labute approximate surface area is 227 Å². The third-order valence-electron chi connectivity index (χ3n) is 6.86. The van der Waals surface area contributed by atoms with Gasteiger partial charge < -0.3 is 5.32 Å². The number of thiazole rings is 1. The standard InChI is InChI=1S/C29H23N3O4S2/c1-17-12-14-20(15-13-17)32-26(34)23-22(18-8-4-2-5-9-18)25-28(37-24(23)27(32)35)31(29(36)38-25)16-21(33)30-19-10-6-3-7-11-19/h2-15,22-24H,16H2,1H3,(H,30,33)/t22-,23+,24-/m0/s1. The highest BCUT2D eigenvalue weighted by Crippen LogP contribution is 2.53. The molecule has 1 aromatic heterocycles. The van der Waals surface area contributed by atoms with Crippen LogP contribution in [0.2, 0.25) is 0 Å². The van der Waals surface area contributed by atoms with Crippen molar-refractivity contribution in [3.63, 3.8) is 0 Å². The van der Waals surface area contributed by atoms with Gasteiger partial charge in [-0.25, -0.2) is 4.90 Å². The SMILES string of the molecule is Cc1ccc(N2C(=O)[C@@H]3[C@H](c4ccccc4)c4sc(=O)n(CC(=O)Nc5ccccc5)c4S[C@@H]3C2=O)cc1. The van der Waals surface area contributed by atoms with Crippen molar-refractivity contribution >= 4 is 52.2 Å². The van der Waals surface area contributed by atoms with E-state index in [1.165, 1.54) is 21.2 Å². The number of aryl methyl sites for hydroxylation is 1. The van der Waals surface area contributed by atoms with Gasteiger partial charge in [0.2, 0.25) is 17.7 Å². The fourth-order valence-electron chi connectivity index (χ4n) is 5.09. The minimum Gasteiger partial charge on any atom is -0.325 e. The monoisotopic (exact) mass is 541 g/mol. The van der Waals surface area contributed by atoms with Crippen LogP contribution in [0.25, 0.3) is 0 Å². The number of anilines is 2. The van der Waals surface area contributed by atoms with E-state index >= 15 is 0 Å². The Balaban J connectivity index is 1.41. The molecule has 0 spiro atoms. The molecule has 9 heteroatoms. The number of imide groups is 1. The van der Waals surface area contributed by atoms with Crippen LogP contribution in [0.15, 0.2) is 94.7 Å². The number of benzene rings is 3. The number of aromatic nitrogens is 1. The van der Waals surface area contributed by atoms with Gasteiger partial charge >= 0.3 is 4.87 Å². The Hall–Kier alpha value is -3.95. The summed E-state index contributed by atoms with van der Waals surface area (Å²) < 4.78 is 1.43. The number of fused-ring (bicyclic) bond motifs is 2. The number of nitrogens with zero attached hydrogens (tertiary/aromatic N) is 2. The van der Waals surface area contributed by atoms with Gasteiger partial charge in [-0.2, -0.15) is 0 Å². The molecule has 0 radical (unpaired) electrons. The first kappa shape index (κ1) is 24.4. The molecule has 0 bridgehead atoms. The van der Waals surface area contributed by atoms with E-state index in [0.29, 0.717) is 21.3 Å². The molecule has 3 aromatic carbocycles. The first-order valence-corrected chi connectivity index (χ1v) is 13.9. The maximum Gasteiger partial charge on any atom is 0.308 e. The summed E-state index contributed by atoms with van der Waals surface area (Å²) in [5.74, 6) is -2.05. The molecular weight excluding hydrogens is 518 g/mol. The maximum absolute atomic E-state index is 13.8. The smallest absolute Gasteiger partial charge is 0.308 e. The van der Waals surface area contributed by atoms with Gasteiger partial charge in [0.15, 0.2) is 0 Å². The van der Waals surface area contributed by atoms with Crippen molar-refractivity contribution < 1.29 is 14.4 Å². The summed E-state index contributed by atoms with van der Waals surface area (Å²) in [6.07, 6.45) is 0. The van der Waals surface area contributed by atoms with E-state index in [0.717, 1.165) is 22.5 Å². The summed E-state index contributed by atoms with van der Waals surface area (Å²) in [7, 11) is 0. The molecule has 6 rings (SSSR count). The molecule has 3 amide bonds. The summed E-state index contributed by atoms with van der Waals surface area (Å²) in [4.78, 5) is 55.3. The highest BCUT2D eigenvalue weighted by atomic mass is 32.2. The van der Waals surface area contributed by atoms with E-state index in [4.69, 9.17) is 0 Å². The first-order valence-electron chi connectivity index (χ1n) is 12.2. The number of thioether (sulfide) groups is 1. The molecule has 1 fully saturated rings. The minimum absolute atomic E-state index is 0.185. The van der Waals surface area contributed by atoms with Crippen LogP contribution in [0.1, 0.15) is 21.9 Å². The topological polar surface area (TPSA) is 88.5 Å². The van der Waals surface area contributed by atoms with Gasteiger partial charge in [0.05, 0.1) is 16.6 Å². The van der Waals surface area contributed by atoms with E-state index < -0.39 is 17.1 Å². The van der Waals surface area contributed by atoms with Gasteiger partial charge in [0.25, 0.3) is 0 Å². The van der Waals surface area contributed by atoms with Crippen LogP contribution in [0.4, 0.5) is 11.4 Å². The molecule has 3 heterocycles. The molecule has 4 aromatic rings. The number of para-hydroxylation sites is 1. The predicted molar refractivity (Wildman–Crippen MR) is 149 cm³/mol. The zero-order chi connectivity index (χ0) is 26.4. The number of rotatable bonds is 5. The Morgan fingerprint density at radius 2 is 1.53 bits per heavy atom. The van der Waals surface area contributed by atoms with Crippen LogP contribution in [0.5, 0.6) is 0 Å². The van der Waals surface area contributed by atoms with Crippen molar-refractivity contribution in [2.24, 2.45) is 5.92 Å². The second-order valence-corrected chi connectivity index (χ2v) is 11.5. The van der Waals surface area contributed by atoms with Gasteiger partial charge in [0.1, 0.15) is 11.8 Å². The third kappa shape index (κ3) is 4.17. The Morgan fingerprint density at radius 3 is 2.21 bits per heavy atom. The lowest BCUT2D eigenvalue weighted by molar-refractivity contribution is -0.122. The fraction of sp³-hybridized carbons (Fsp3) is 0.172. The molecule has 0 unspecified atom stereocenters. The zero-order valence-corrected chi connectivity index (χ0v) is 22.0. The van der Waals surface area contributed by atoms with Gasteiger partial charge in [-0.15, -0.1) is 0 Å². The molecule has 38 heavy (non-hydrogen) atoms. The van der Waals surface area contributed by atoms with Crippen LogP contribution in [0.3, 0.4) is 0 Å². The zero-order valence-electron chi connectivity index (χ0n) is 20.4. The number of carbonyl (C=O) groups is 3. The summed E-state index contributed by atoms with van der Waals surface area (Å²) in [5, 5.41) is 2.68. The highest BCUT2D eigenvalue weighted by Gasteiger charge is 2.56. The lowest BCUT2D eigenvalue weighted by Gasteiger charge is -2.30. The van der Waals surface area contributed by atoms with Crippen LogP contribution in [-0.4, -0.2) is 27.5 Å². The summed E-state index contributed by atoms with van der Waals surface area (Å²) in [6.45, 7) is 1.76. The summed E-state index contributed by atoms with van der Waals surface area (Å²) in [6, 6.07) is 25.9. The van der Waals surface area contributed by atoms with E-state index in [2.05, 4.69) is 5.32 Å². The fourth-order valence-corrected chi connectivity index (χ4v) is 7.86. The predicted octanol–water partition coefficient (Wildman–Crippen LogP) is 4.65. The molecule has 2 aliphatic heterocycles. The molecule has 3 atom stereocenters. The lowest BCUT2D eigenvalue weighted by Crippen LogP contribution is -2.33. The number of amides is 3. The van der Waals surface area contributed by atoms with Crippen molar-refractivity contribution in [2.75, 3.05) is 10.2 Å². The minimum atomic E-state index is -0.709. The summed E-state index contributed by atoms with van der Waals surface area (Å²) in [5.41, 5.74) is 3.06. The second-order valence-electron chi connectivity index (χ2n) is 9.34. The number of carbonyl (C=O) groups excluding carboxylic acids is 3. The van der Waals surface area contributed by atoms with Gasteiger partial charge in [-0.05, 0) is 36.8 Å². The molecular formula is C29H23N3O4S2. The second kappa shape index (κ2) is 9.74. The lowest BCUT2D eigenvalue weighted by atomic mass is 9.83.